The molecule has 0 atom stereocenters. The van der Waals surface area contributed by atoms with Crippen LogP contribution < -0.4 is 15.3 Å². The van der Waals surface area contributed by atoms with E-state index < -0.39 is 0 Å². The molecule has 1 aromatic carbocycles. The van der Waals surface area contributed by atoms with Crippen molar-refractivity contribution < 1.29 is 10.0 Å². The fourth-order valence-electron chi connectivity index (χ4n) is 3.97. The second kappa shape index (κ2) is 16.2. The average Bonchev–Trinajstić information content (AvgIpc) is 2.79. The molecule has 0 aromatic heterocycles. The molecule has 0 aliphatic rings. The SMILES string of the molecule is CCC(C)=C(CCCCCCCC(=O)NO)N(C)c1ccc(N(CCCl)CCCl)cc1C. The summed E-state index contributed by atoms with van der Waals surface area (Å²) in [6.07, 6.45) is 7.66. The van der Waals surface area contributed by atoms with Gasteiger partial charge in [0.2, 0.25) is 5.91 Å². The predicted octanol–water partition coefficient (Wildman–Crippen LogP) is 6.64. The highest BCUT2D eigenvalue weighted by atomic mass is 35.5. The summed E-state index contributed by atoms with van der Waals surface area (Å²) >= 11 is 12.0. The summed E-state index contributed by atoms with van der Waals surface area (Å²) in [7, 11) is 2.17. The van der Waals surface area contributed by atoms with E-state index in [9.17, 15) is 4.79 Å². The summed E-state index contributed by atoms with van der Waals surface area (Å²) in [5.41, 5.74) is 8.12. The third kappa shape index (κ3) is 9.60. The Morgan fingerprint density at radius 2 is 1.62 bits per heavy atom. The first-order chi connectivity index (χ1) is 15.4. The number of alkyl halides is 2. The van der Waals surface area contributed by atoms with Crippen molar-refractivity contribution in [1.82, 2.24) is 5.48 Å². The van der Waals surface area contributed by atoms with Crippen molar-refractivity contribution in [3.63, 3.8) is 0 Å². The molecule has 1 aromatic rings. The Morgan fingerprint density at radius 3 is 2.16 bits per heavy atom. The second-order valence-corrected chi connectivity index (χ2v) is 9.03. The second-order valence-electron chi connectivity index (χ2n) is 8.28. The Hall–Kier alpha value is -1.43. The van der Waals surface area contributed by atoms with Crippen LogP contribution in [0.1, 0.15) is 70.8 Å². The lowest BCUT2D eigenvalue weighted by Gasteiger charge is -2.29. The number of carbonyl (C=O) groups is 1. The van der Waals surface area contributed by atoms with Crippen LogP contribution in [0.3, 0.4) is 0 Å². The molecule has 32 heavy (non-hydrogen) atoms. The number of anilines is 2. The number of hydrogen-bond donors (Lipinski definition) is 2. The van der Waals surface area contributed by atoms with Crippen LogP contribution in [-0.2, 0) is 4.79 Å². The molecule has 1 rings (SSSR count). The maximum absolute atomic E-state index is 11.1. The van der Waals surface area contributed by atoms with Crippen LogP contribution in [0.25, 0.3) is 0 Å². The number of carbonyl (C=O) groups excluding carboxylic acids is 1. The molecule has 182 valence electrons. The molecule has 5 nitrogen and oxygen atoms in total. The monoisotopic (exact) mass is 485 g/mol. The fourth-order valence-corrected chi connectivity index (χ4v) is 4.38. The third-order valence-corrected chi connectivity index (χ3v) is 6.32. The number of nitrogens with one attached hydrogen (secondary N) is 1. The van der Waals surface area contributed by atoms with Crippen LogP contribution in [0.4, 0.5) is 11.4 Å². The zero-order chi connectivity index (χ0) is 23.9. The largest absolute Gasteiger partial charge is 0.369 e. The molecular formula is C25H41Cl2N3O2. The van der Waals surface area contributed by atoms with Gasteiger partial charge in [-0.2, -0.15) is 0 Å². The van der Waals surface area contributed by atoms with Gasteiger partial charge in [-0.15, -0.1) is 23.2 Å². The minimum absolute atomic E-state index is 0.301. The van der Waals surface area contributed by atoms with Gasteiger partial charge in [0, 0.05) is 55.4 Å². The first kappa shape index (κ1) is 28.6. The number of amides is 1. The van der Waals surface area contributed by atoms with Gasteiger partial charge in [-0.3, -0.25) is 10.0 Å². The lowest BCUT2D eigenvalue weighted by Crippen LogP contribution is -2.27. The highest BCUT2D eigenvalue weighted by Crippen LogP contribution is 2.30. The number of aryl methyl sites for hydroxylation is 1. The summed E-state index contributed by atoms with van der Waals surface area (Å²) in [5, 5.41) is 8.55. The standard InChI is InChI=1S/C25H41Cl2N3O2/c1-5-20(2)23(11-9-7-6-8-10-12-25(31)28-32)29(4)24-14-13-22(19-21(24)3)30(17-15-26)18-16-27/h13-14,19,32H,5-12,15-18H2,1-4H3,(H,28,31). The first-order valence-corrected chi connectivity index (χ1v) is 12.8. The molecular weight excluding hydrogens is 445 g/mol. The number of halogens is 2. The first-order valence-electron chi connectivity index (χ1n) is 11.7. The van der Waals surface area contributed by atoms with Gasteiger partial charge >= 0.3 is 0 Å². The van der Waals surface area contributed by atoms with E-state index in [1.54, 1.807) is 5.48 Å². The van der Waals surface area contributed by atoms with Crippen molar-refractivity contribution in [2.75, 3.05) is 41.7 Å². The Kier molecular flexibility index (Phi) is 14.5. The minimum atomic E-state index is -0.301. The highest BCUT2D eigenvalue weighted by Gasteiger charge is 2.14. The Balaban J connectivity index is 2.77. The van der Waals surface area contributed by atoms with Crippen molar-refractivity contribution >= 4 is 40.5 Å². The van der Waals surface area contributed by atoms with Crippen LogP contribution >= 0.6 is 23.2 Å². The molecule has 2 N–H and O–H groups in total. The van der Waals surface area contributed by atoms with Crippen molar-refractivity contribution in [2.45, 2.75) is 72.1 Å². The minimum Gasteiger partial charge on any atom is -0.369 e. The molecule has 0 fully saturated rings. The van der Waals surface area contributed by atoms with E-state index in [2.05, 4.69) is 55.8 Å². The summed E-state index contributed by atoms with van der Waals surface area (Å²) < 4.78 is 0. The van der Waals surface area contributed by atoms with E-state index in [1.165, 1.54) is 22.5 Å². The number of rotatable bonds is 16. The maximum atomic E-state index is 11.1. The summed E-state index contributed by atoms with van der Waals surface area (Å²) in [6.45, 7) is 8.17. The molecule has 0 bridgehead atoms. The fraction of sp³-hybridized carbons (Fsp3) is 0.640. The van der Waals surface area contributed by atoms with Crippen molar-refractivity contribution in [3.8, 4) is 0 Å². The third-order valence-electron chi connectivity index (χ3n) is 5.99. The van der Waals surface area contributed by atoms with Crippen LogP contribution in [0.15, 0.2) is 29.5 Å². The molecule has 7 heteroatoms. The van der Waals surface area contributed by atoms with E-state index in [0.717, 1.165) is 63.7 Å². The lowest BCUT2D eigenvalue weighted by atomic mass is 10.0. The van der Waals surface area contributed by atoms with E-state index in [-0.39, 0.29) is 5.91 Å². The number of benzene rings is 1. The van der Waals surface area contributed by atoms with Crippen LogP contribution in [0.5, 0.6) is 0 Å². The molecule has 0 saturated carbocycles. The number of hydrogen-bond acceptors (Lipinski definition) is 4. The van der Waals surface area contributed by atoms with E-state index >= 15 is 0 Å². The van der Waals surface area contributed by atoms with Crippen molar-refractivity contribution in [2.24, 2.45) is 0 Å². The molecule has 0 spiro atoms. The van der Waals surface area contributed by atoms with Gasteiger partial charge in [-0.05, 0) is 63.3 Å². The number of unbranched alkanes of at least 4 members (excludes halogenated alkanes) is 4. The van der Waals surface area contributed by atoms with Gasteiger partial charge in [0.15, 0.2) is 0 Å². The van der Waals surface area contributed by atoms with Gasteiger partial charge in [0.25, 0.3) is 0 Å². The van der Waals surface area contributed by atoms with Gasteiger partial charge in [0.05, 0.1) is 0 Å². The maximum Gasteiger partial charge on any atom is 0.243 e. The summed E-state index contributed by atoms with van der Waals surface area (Å²) in [6, 6.07) is 6.60. The Morgan fingerprint density at radius 1 is 1.03 bits per heavy atom. The van der Waals surface area contributed by atoms with Crippen molar-refractivity contribution in [3.05, 3.63) is 35.0 Å². The predicted molar refractivity (Wildman–Crippen MR) is 138 cm³/mol. The van der Waals surface area contributed by atoms with E-state index in [1.807, 2.05) is 0 Å². The molecule has 0 saturated heterocycles. The quantitative estimate of drug-likeness (QED) is 0.119. The van der Waals surface area contributed by atoms with Crippen LogP contribution in [-0.4, -0.2) is 43.0 Å². The van der Waals surface area contributed by atoms with Crippen LogP contribution in [0.2, 0.25) is 0 Å². The van der Waals surface area contributed by atoms with E-state index in [4.69, 9.17) is 28.4 Å². The van der Waals surface area contributed by atoms with Crippen molar-refractivity contribution in [1.29, 1.82) is 0 Å². The Labute approximate surface area is 204 Å². The van der Waals surface area contributed by atoms with Gasteiger partial charge < -0.3 is 9.80 Å². The Bertz CT molecular complexity index is 719. The normalized spacial score (nSPS) is 11.8. The molecule has 0 aliphatic carbocycles. The molecule has 1 amide bonds. The molecule has 0 heterocycles. The summed E-state index contributed by atoms with van der Waals surface area (Å²) in [4.78, 5) is 15.6. The van der Waals surface area contributed by atoms with Crippen LogP contribution in [0, 0.1) is 6.92 Å². The number of allylic oxidation sites excluding steroid dienone is 2. The molecule has 0 aliphatic heterocycles. The zero-order valence-corrected chi connectivity index (χ0v) is 21.7. The zero-order valence-electron chi connectivity index (χ0n) is 20.2. The van der Waals surface area contributed by atoms with E-state index in [0.29, 0.717) is 18.2 Å². The number of nitrogens with zero attached hydrogens (tertiary/aromatic N) is 2. The molecule has 0 radical (unpaired) electrons. The summed E-state index contributed by atoms with van der Waals surface area (Å²) in [5.74, 6) is 0.856. The number of hydroxylamine groups is 1. The van der Waals surface area contributed by atoms with Gasteiger partial charge in [-0.25, -0.2) is 5.48 Å². The highest BCUT2D eigenvalue weighted by molar-refractivity contribution is 6.18. The molecule has 0 unspecified atom stereocenters. The topological polar surface area (TPSA) is 55.8 Å². The average molecular weight is 487 g/mol. The van der Waals surface area contributed by atoms with Gasteiger partial charge in [0.1, 0.15) is 0 Å². The smallest absolute Gasteiger partial charge is 0.243 e. The lowest BCUT2D eigenvalue weighted by molar-refractivity contribution is -0.129. The van der Waals surface area contributed by atoms with Gasteiger partial charge in [-0.1, -0.05) is 31.8 Å².